The van der Waals surface area contributed by atoms with Crippen molar-refractivity contribution in [3.05, 3.63) is 0 Å². The first-order valence-corrected chi connectivity index (χ1v) is 6.80. The Morgan fingerprint density at radius 2 is 1.00 bits per heavy atom. The van der Waals surface area contributed by atoms with Gasteiger partial charge in [0.25, 0.3) is 0 Å². The summed E-state index contributed by atoms with van der Waals surface area (Å²) in [6.45, 7) is -0.836. The summed E-state index contributed by atoms with van der Waals surface area (Å²) < 4.78 is 14.4. The molecule has 24 heavy (non-hydrogen) atoms. The molecule has 0 aliphatic rings. The smallest absolute Gasteiger partial charge is 0.110 e. The van der Waals surface area contributed by atoms with Crippen molar-refractivity contribution in [2.75, 3.05) is 60.0 Å². The predicted octanol–water partition coefficient (Wildman–Crippen LogP) is -4.47. The zero-order valence-corrected chi connectivity index (χ0v) is 13.6. The van der Waals surface area contributed by atoms with Crippen LogP contribution in [0.3, 0.4) is 0 Å². The molecule has 0 aliphatic heterocycles. The summed E-state index contributed by atoms with van der Waals surface area (Å²) in [7, 11) is 0.958. The second kappa shape index (κ2) is 30.4. The van der Waals surface area contributed by atoms with Crippen LogP contribution in [0.4, 0.5) is 4.53 Å². The van der Waals surface area contributed by atoms with Gasteiger partial charge in [-0.1, -0.05) is 0 Å². The number of ether oxygens (including phenoxy) is 1. The third kappa shape index (κ3) is 33.2. The van der Waals surface area contributed by atoms with Crippen molar-refractivity contribution >= 4 is 0 Å². The highest BCUT2D eigenvalue weighted by Gasteiger charge is 2.22. The summed E-state index contributed by atoms with van der Waals surface area (Å²) >= 11 is 0. The first-order valence-electron chi connectivity index (χ1n) is 6.80. The number of hydrogen-bond acceptors (Lipinski definition) is 11. The topological polar surface area (TPSA) is 201 Å². The Labute approximate surface area is 139 Å². The fraction of sp³-hybridized carbons (Fsp3) is 1.00. The minimum Gasteiger partial charge on any atom is -0.394 e. The lowest BCUT2D eigenvalue weighted by atomic mass is 10.1. The number of aliphatic hydroxyl groups excluding tert-OH is 9. The maximum Gasteiger partial charge on any atom is 0.110 e. The van der Waals surface area contributed by atoms with Gasteiger partial charge in [-0.2, -0.15) is 4.94 Å². The molecule has 0 saturated carbocycles. The Hall–Kier alpha value is -0.510. The molecule has 12 heteroatoms. The van der Waals surface area contributed by atoms with Crippen molar-refractivity contribution < 1.29 is 60.2 Å². The van der Waals surface area contributed by atoms with Gasteiger partial charge in [-0.15, -0.1) is 0 Å². The molecule has 0 aromatic carbocycles. The first kappa shape index (κ1) is 31.3. The third-order valence-electron chi connectivity index (χ3n) is 1.73. The average molecular weight is 370 g/mol. The van der Waals surface area contributed by atoms with E-state index in [1.807, 2.05) is 0 Å². The molecule has 0 bridgehead atoms. The van der Waals surface area contributed by atoms with E-state index in [0.717, 1.165) is 7.11 Å². The highest BCUT2D eigenvalue weighted by molar-refractivity contribution is 4.73. The van der Waals surface area contributed by atoms with Gasteiger partial charge in [0.05, 0.1) is 60.0 Å². The first-order chi connectivity index (χ1) is 11.4. The van der Waals surface area contributed by atoms with Gasteiger partial charge in [-0.3, -0.25) is 0 Å². The van der Waals surface area contributed by atoms with Crippen LogP contribution in [0.25, 0.3) is 0 Å². The molecule has 0 aliphatic carbocycles. The standard InChI is InChI=1S/C5H12O5.C4H10O3.C2H6O2.CH3FO/c6-1-3(8)5(10)4(9)2-7;5-1-3-7-4-2-6;3-1-2-4;1-3-2/h3-10H,1-2H2;5-6H,1-4H2;3-4H,1-2H2;1H3/t3-,4+,5?;;;. The lowest BCUT2D eigenvalue weighted by Gasteiger charge is -2.19. The van der Waals surface area contributed by atoms with Crippen LogP contribution in [-0.4, -0.2) is 124 Å². The quantitative estimate of drug-likeness (QED) is 0.177. The van der Waals surface area contributed by atoms with Gasteiger partial charge >= 0.3 is 0 Å². The number of rotatable bonds is 9. The number of hydrogen-bond donors (Lipinski definition) is 9. The molecule has 0 amide bonds. The van der Waals surface area contributed by atoms with Crippen molar-refractivity contribution in [1.82, 2.24) is 0 Å². The van der Waals surface area contributed by atoms with Crippen LogP contribution in [0.15, 0.2) is 0 Å². The lowest BCUT2D eigenvalue weighted by molar-refractivity contribution is -0.0960. The van der Waals surface area contributed by atoms with Gasteiger partial charge in [0, 0.05) is 0 Å². The lowest BCUT2D eigenvalue weighted by Crippen LogP contribution is -2.41. The molecule has 1 unspecified atom stereocenters. The molecule has 0 rings (SSSR count). The second-order valence-electron chi connectivity index (χ2n) is 3.65. The van der Waals surface area contributed by atoms with Gasteiger partial charge < -0.3 is 50.7 Å². The summed E-state index contributed by atoms with van der Waals surface area (Å²) in [5, 5.41) is 74.0. The van der Waals surface area contributed by atoms with Crippen LogP contribution >= 0.6 is 0 Å². The molecule has 0 heterocycles. The summed E-state index contributed by atoms with van der Waals surface area (Å²) in [4.78, 5) is 2.75. The average Bonchev–Trinajstić information content (AvgIpc) is 2.61. The van der Waals surface area contributed by atoms with Crippen molar-refractivity contribution in [1.29, 1.82) is 0 Å². The zero-order chi connectivity index (χ0) is 19.8. The Kier molecular flexibility index (Phi) is 39.6. The Morgan fingerprint density at radius 1 is 0.708 bits per heavy atom. The second-order valence-corrected chi connectivity index (χ2v) is 3.65. The maximum atomic E-state index is 9.79. The van der Waals surface area contributed by atoms with E-state index < -0.39 is 31.5 Å². The molecule has 11 nitrogen and oxygen atoms in total. The summed E-state index contributed by atoms with van der Waals surface area (Å²) in [5.74, 6) is 0. The molecule has 9 N–H and O–H groups in total. The summed E-state index contributed by atoms with van der Waals surface area (Å²) in [6.07, 6.45) is -4.29. The van der Waals surface area contributed by atoms with Crippen LogP contribution in [0, 0.1) is 0 Å². The molecule has 0 saturated heterocycles. The largest absolute Gasteiger partial charge is 0.394 e. The third-order valence-corrected chi connectivity index (χ3v) is 1.73. The minimum atomic E-state index is -1.49. The van der Waals surface area contributed by atoms with Crippen LogP contribution < -0.4 is 0 Å². The summed E-state index contributed by atoms with van der Waals surface area (Å²) in [6, 6.07) is 0. The molecule has 152 valence electrons. The van der Waals surface area contributed by atoms with E-state index in [9.17, 15) is 4.53 Å². The van der Waals surface area contributed by atoms with E-state index in [2.05, 4.69) is 9.68 Å². The molecule has 0 radical (unpaired) electrons. The molecule has 0 aromatic heterocycles. The normalized spacial score (nSPS) is 13.1. The molecule has 0 aromatic rings. The van der Waals surface area contributed by atoms with Crippen molar-refractivity contribution in [2.24, 2.45) is 0 Å². The highest BCUT2D eigenvalue weighted by atomic mass is 19.3. The van der Waals surface area contributed by atoms with Crippen molar-refractivity contribution in [3.63, 3.8) is 0 Å². The predicted molar refractivity (Wildman–Crippen MR) is 79.5 cm³/mol. The monoisotopic (exact) mass is 370 g/mol. The van der Waals surface area contributed by atoms with Crippen molar-refractivity contribution in [2.45, 2.75) is 18.3 Å². The molecular formula is C12H31FO11. The van der Waals surface area contributed by atoms with Gasteiger partial charge in [-0.05, 0) is 4.53 Å². The van der Waals surface area contributed by atoms with E-state index >= 15 is 0 Å². The van der Waals surface area contributed by atoms with Crippen LogP contribution in [-0.2, 0) is 9.68 Å². The Morgan fingerprint density at radius 3 is 1.17 bits per heavy atom. The van der Waals surface area contributed by atoms with E-state index in [0.29, 0.717) is 13.2 Å². The van der Waals surface area contributed by atoms with E-state index in [1.54, 1.807) is 0 Å². The van der Waals surface area contributed by atoms with Gasteiger partial charge in [0.15, 0.2) is 0 Å². The van der Waals surface area contributed by atoms with E-state index in [-0.39, 0.29) is 26.4 Å². The number of halogens is 1. The Bertz CT molecular complexity index is 174. The fourth-order valence-corrected chi connectivity index (χ4v) is 0.704. The fourth-order valence-electron chi connectivity index (χ4n) is 0.704. The Balaban J connectivity index is -0.000000124. The molecular weight excluding hydrogens is 339 g/mol. The van der Waals surface area contributed by atoms with Gasteiger partial charge in [0.2, 0.25) is 0 Å². The molecule has 0 spiro atoms. The molecule has 3 atom stereocenters. The van der Waals surface area contributed by atoms with Crippen LogP contribution in [0.2, 0.25) is 0 Å². The summed E-state index contributed by atoms with van der Waals surface area (Å²) in [5.41, 5.74) is 0. The van der Waals surface area contributed by atoms with E-state index in [4.69, 9.17) is 46.0 Å². The van der Waals surface area contributed by atoms with Crippen LogP contribution in [0.1, 0.15) is 0 Å². The maximum absolute atomic E-state index is 9.79. The van der Waals surface area contributed by atoms with Crippen LogP contribution in [0.5, 0.6) is 0 Å². The SMILES string of the molecule is COF.OCCO.OCCOCCO.OC[C@@H](O)C(O)[C@@H](O)CO. The highest BCUT2D eigenvalue weighted by Crippen LogP contribution is 1.98. The number of aliphatic hydroxyl groups is 9. The van der Waals surface area contributed by atoms with Gasteiger partial charge in [0.1, 0.15) is 18.3 Å². The van der Waals surface area contributed by atoms with E-state index in [1.165, 1.54) is 0 Å². The van der Waals surface area contributed by atoms with Gasteiger partial charge in [-0.25, -0.2) is 0 Å². The zero-order valence-electron chi connectivity index (χ0n) is 13.6. The minimum absolute atomic E-state index is 0.0278. The van der Waals surface area contributed by atoms with Crippen molar-refractivity contribution in [3.8, 4) is 0 Å². The molecule has 0 fully saturated rings.